The zero-order valence-electron chi connectivity index (χ0n) is 12.0. The van der Waals surface area contributed by atoms with Crippen molar-refractivity contribution in [3.8, 4) is 11.3 Å². The number of pyridine rings is 1. The lowest BCUT2D eigenvalue weighted by Gasteiger charge is -2.07. The van der Waals surface area contributed by atoms with Crippen LogP contribution in [-0.2, 0) is 0 Å². The lowest BCUT2D eigenvalue weighted by Crippen LogP contribution is -1.88. The minimum absolute atomic E-state index is 0.286. The Labute approximate surface area is 130 Å². The average molecular weight is 302 g/mol. The molecule has 3 aromatic heterocycles. The second-order valence-electron chi connectivity index (χ2n) is 5.52. The van der Waals surface area contributed by atoms with Crippen molar-refractivity contribution in [3.63, 3.8) is 0 Å². The predicted octanol–water partition coefficient (Wildman–Crippen LogP) is 5.27. The average Bonchev–Trinajstić information content (AvgIpc) is 3.20. The Balaban J connectivity index is 2.10. The lowest BCUT2D eigenvalue weighted by atomic mass is 10.0. The molecule has 0 aliphatic carbocycles. The van der Waals surface area contributed by atoms with Gasteiger partial charge in [0.25, 0.3) is 0 Å². The van der Waals surface area contributed by atoms with Crippen molar-refractivity contribution < 1.29 is 8.81 Å². The Morgan fingerprint density at radius 2 is 1.87 bits per heavy atom. The number of nitrogens with zero attached hydrogens (tertiary/aromatic N) is 1. The van der Waals surface area contributed by atoms with Crippen LogP contribution in [0.5, 0.6) is 0 Å². The van der Waals surface area contributed by atoms with Gasteiger partial charge in [-0.15, -0.1) is 0 Å². The third-order valence-corrected chi connectivity index (χ3v) is 4.16. The molecular formula is C19H11FN2O. The van der Waals surface area contributed by atoms with Crippen LogP contribution in [0, 0.1) is 5.82 Å². The van der Waals surface area contributed by atoms with E-state index in [1.54, 1.807) is 12.3 Å². The standard InChI is InChI=1S/C19H11FN2O/c20-11-7-8-15-13(10-11)17(16-6-3-9-23-16)18-12-4-1-2-5-14(12)21-19(18)22-15/h1-10H,(H,21,22). The topological polar surface area (TPSA) is 41.8 Å². The maximum atomic E-state index is 13.8. The van der Waals surface area contributed by atoms with E-state index in [1.165, 1.54) is 12.1 Å². The van der Waals surface area contributed by atoms with Gasteiger partial charge in [-0.25, -0.2) is 9.37 Å². The fourth-order valence-electron chi connectivity index (χ4n) is 3.20. The smallest absolute Gasteiger partial charge is 0.139 e. The Morgan fingerprint density at radius 3 is 2.74 bits per heavy atom. The van der Waals surface area contributed by atoms with E-state index in [4.69, 9.17) is 4.42 Å². The van der Waals surface area contributed by atoms with Gasteiger partial charge in [0.05, 0.1) is 11.8 Å². The molecule has 5 rings (SSSR count). The second-order valence-corrected chi connectivity index (χ2v) is 5.52. The van der Waals surface area contributed by atoms with Crippen molar-refractivity contribution in [3.05, 3.63) is 66.7 Å². The molecule has 0 spiro atoms. The minimum Gasteiger partial charge on any atom is -0.464 e. The van der Waals surface area contributed by atoms with E-state index < -0.39 is 0 Å². The van der Waals surface area contributed by atoms with Crippen LogP contribution < -0.4 is 0 Å². The molecule has 0 aliphatic heterocycles. The molecule has 2 aromatic carbocycles. The van der Waals surface area contributed by atoms with Gasteiger partial charge in [0.1, 0.15) is 17.2 Å². The number of halogens is 1. The summed E-state index contributed by atoms with van der Waals surface area (Å²) in [6.45, 7) is 0. The highest BCUT2D eigenvalue weighted by Gasteiger charge is 2.17. The van der Waals surface area contributed by atoms with Crippen LogP contribution in [0.15, 0.2) is 65.3 Å². The number of H-pyrrole nitrogens is 1. The number of rotatable bonds is 1. The van der Waals surface area contributed by atoms with Crippen LogP contribution in [0.1, 0.15) is 0 Å². The van der Waals surface area contributed by atoms with Crippen molar-refractivity contribution in [2.24, 2.45) is 0 Å². The Hall–Kier alpha value is -3.14. The first-order valence-corrected chi connectivity index (χ1v) is 7.35. The van der Waals surface area contributed by atoms with E-state index >= 15 is 0 Å². The van der Waals surface area contributed by atoms with Gasteiger partial charge >= 0.3 is 0 Å². The van der Waals surface area contributed by atoms with Crippen molar-refractivity contribution >= 4 is 32.8 Å². The molecule has 0 aliphatic rings. The number of benzene rings is 2. The molecule has 110 valence electrons. The third-order valence-electron chi connectivity index (χ3n) is 4.16. The van der Waals surface area contributed by atoms with Crippen LogP contribution in [0.25, 0.3) is 44.2 Å². The molecule has 5 aromatic rings. The van der Waals surface area contributed by atoms with Gasteiger partial charge in [-0.1, -0.05) is 18.2 Å². The summed E-state index contributed by atoms with van der Waals surface area (Å²) in [5.74, 6) is 0.420. The van der Waals surface area contributed by atoms with E-state index in [0.29, 0.717) is 5.76 Å². The quantitative estimate of drug-likeness (QED) is 0.458. The maximum Gasteiger partial charge on any atom is 0.139 e. The Morgan fingerprint density at radius 1 is 0.957 bits per heavy atom. The summed E-state index contributed by atoms with van der Waals surface area (Å²) in [5, 5.41) is 2.75. The lowest BCUT2D eigenvalue weighted by molar-refractivity contribution is 0.583. The number of para-hydroxylation sites is 1. The number of hydrogen-bond donors (Lipinski definition) is 1. The fourth-order valence-corrected chi connectivity index (χ4v) is 3.20. The maximum absolute atomic E-state index is 13.8. The molecule has 3 nitrogen and oxygen atoms in total. The molecule has 0 saturated heterocycles. The predicted molar refractivity (Wildman–Crippen MR) is 88.8 cm³/mol. The highest BCUT2D eigenvalue weighted by molar-refractivity contribution is 6.19. The molecule has 23 heavy (non-hydrogen) atoms. The number of nitrogens with one attached hydrogen (secondary N) is 1. The third kappa shape index (κ3) is 1.72. The van der Waals surface area contributed by atoms with Crippen molar-refractivity contribution in [2.75, 3.05) is 0 Å². The fraction of sp³-hybridized carbons (Fsp3) is 0. The van der Waals surface area contributed by atoms with Gasteiger partial charge in [0, 0.05) is 27.2 Å². The highest BCUT2D eigenvalue weighted by atomic mass is 19.1. The van der Waals surface area contributed by atoms with Crippen LogP contribution in [0.2, 0.25) is 0 Å². The number of aromatic amines is 1. The zero-order chi connectivity index (χ0) is 15.4. The number of fused-ring (bicyclic) bond motifs is 4. The largest absolute Gasteiger partial charge is 0.464 e. The highest BCUT2D eigenvalue weighted by Crippen LogP contribution is 2.39. The van der Waals surface area contributed by atoms with Gasteiger partial charge < -0.3 is 9.40 Å². The molecule has 3 heterocycles. The molecule has 0 unspecified atom stereocenters. The van der Waals surface area contributed by atoms with Crippen LogP contribution in [0.4, 0.5) is 4.39 Å². The summed E-state index contributed by atoms with van der Waals surface area (Å²) < 4.78 is 19.5. The number of hydrogen-bond acceptors (Lipinski definition) is 2. The summed E-state index contributed by atoms with van der Waals surface area (Å²) in [7, 11) is 0. The van der Waals surface area contributed by atoms with Gasteiger partial charge in [-0.2, -0.15) is 0 Å². The SMILES string of the molecule is Fc1ccc2nc3[nH]c4ccccc4c3c(-c3ccco3)c2c1. The monoisotopic (exact) mass is 302 g/mol. The molecule has 0 amide bonds. The summed E-state index contributed by atoms with van der Waals surface area (Å²) in [4.78, 5) is 8.00. The van der Waals surface area contributed by atoms with Crippen LogP contribution in [-0.4, -0.2) is 9.97 Å². The van der Waals surface area contributed by atoms with Crippen molar-refractivity contribution in [1.82, 2.24) is 9.97 Å². The Kier molecular flexibility index (Phi) is 2.39. The van der Waals surface area contributed by atoms with Crippen LogP contribution in [0.3, 0.4) is 0 Å². The normalized spacial score (nSPS) is 11.7. The number of aromatic nitrogens is 2. The Bertz CT molecular complexity index is 1170. The van der Waals surface area contributed by atoms with Gasteiger partial charge in [-0.05, 0) is 36.4 Å². The minimum atomic E-state index is -0.286. The summed E-state index contributed by atoms with van der Waals surface area (Å²) in [5.41, 5.74) is 3.37. The summed E-state index contributed by atoms with van der Waals surface area (Å²) in [6.07, 6.45) is 1.63. The second kappa shape index (κ2) is 4.43. The molecule has 4 heteroatoms. The van der Waals surface area contributed by atoms with Crippen molar-refractivity contribution in [1.29, 1.82) is 0 Å². The zero-order valence-corrected chi connectivity index (χ0v) is 12.0. The summed E-state index contributed by atoms with van der Waals surface area (Å²) in [6, 6.07) is 16.4. The van der Waals surface area contributed by atoms with E-state index in [2.05, 4.69) is 9.97 Å². The molecular weight excluding hydrogens is 291 g/mol. The first-order valence-electron chi connectivity index (χ1n) is 7.35. The molecule has 1 N–H and O–H groups in total. The van der Waals surface area contributed by atoms with E-state index in [1.807, 2.05) is 36.4 Å². The van der Waals surface area contributed by atoms with E-state index in [-0.39, 0.29) is 5.82 Å². The first kappa shape index (κ1) is 12.4. The van der Waals surface area contributed by atoms with Gasteiger partial charge in [-0.3, -0.25) is 0 Å². The van der Waals surface area contributed by atoms with E-state index in [9.17, 15) is 4.39 Å². The number of furan rings is 1. The first-order chi connectivity index (χ1) is 11.3. The van der Waals surface area contributed by atoms with Crippen LogP contribution >= 0.6 is 0 Å². The van der Waals surface area contributed by atoms with Crippen molar-refractivity contribution in [2.45, 2.75) is 0 Å². The molecule has 0 bridgehead atoms. The molecule has 0 atom stereocenters. The van der Waals surface area contributed by atoms with E-state index in [0.717, 1.165) is 38.4 Å². The summed E-state index contributed by atoms with van der Waals surface area (Å²) >= 11 is 0. The molecule has 0 fully saturated rings. The van der Waals surface area contributed by atoms with Gasteiger partial charge in [0.15, 0.2) is 0 Å². The molecule has 0 radical (unpaired) electrons. The molecule has 0 saturated carbocycles. The van der Waals surface area contributed by atoms with Gasteiger partial charge in [0.2, 0.25) is 0 Å².